The van der Waals surface area contributed by atoms with E-state index < -0.39 is 69.3 Å². The summed E-state index contributed by atoms with van der Waals surface area (Å²) in [6.07, 6.45) is 4.61. The Bertz CT molecular complexity index is 1610. The van der Waals surface area contributed by atoms with Gasteiger partial charge < -0.3 is 29.9 Å². The predicted molar refractivity (Wildman–Crippen MR) is 192 cm³/mol. The second kappa shape index (κ2) is 16.4. The summed E-state index contributed by atoms with van der Waals surface area (Å²) in [4.78, 5) is 71.5. The molecule has 1 saturated carbocycles. The van der Waals surface area contributed by atoms with Crippen molar-refractivity contribution in [2.24, 2.45) is 5.92 Å². The molecule has 15 heteroatoms. The van der Waals surface area contributed by atoms with Crippen molar-refractivity contribution in [3.8, 4) is 0 Å². The average Bonchev–Trinajstić information content (AvgIpc) is 3.61. The van der Waals surface area contributed by atoms with Crippen molar-refractivity contribution in [3.05, 3.63) is 35.4 Å². The molecule has 1 aromatic rings. The van der Waals surface area contributed by atoms with Gasteiger partial charge in [-0.25, -0.2) is 18.0 Å². The van der Waals surface area contributed by atoms with E-state index in [4.69, 9.17) is 9.47 Å². The molecule has 1 aromatic carbocycles. The number of hydrogen-bond acceptors (Lipinski definition) is 9. The number of benzene rings is 1. The lowest BCUT2D eigenvalue weighted by molar-refractivity contribution is -0.141. The van der Waals surface area contributed by atoms with Gasteiger partial charge in [-0.2, -0.15) is 0 Å². The number of nitrogens with one attached hydrogen (secondary N) is 3. The molecule has 14 nitrogen and oxygen atoms in total. The molecule has 5 rings (SSSR count). The highest BCUT2D eigenvalue weighted by molar-refractivity contribution is 7.90. The molecule has 0 bridgehead atoms. The maximum absolute atomic E-state index is 14.3. The summed E-state index contributed by atoms with van der Waals surface area (Å²) in [5, 5.41) is 5.59. The fourth-order valence-corrected chi connectivity index (χ4v) is 8.74. The number of unbranched alkanes of at least 4 members (excludes halogenated alkanes) is 1. The molecule has 5 atom stereocenters. The second-order valence-electron chi connectivity index (χ2n) is 15.7. The summed E-state index contributed by atoms with van der Waals surface area (Å²) in [6, 6.07) is 5.71. The van der Waals surface area contributed by atoms with E-state index in [9.17, 15) is 32.4 Å². The number of nitrogens with zero attached hydrogens (tertiary/aromatic N) is 2. The highest BCUT2D eigenvalue weighted by Crippen LogP contribution is 2.48. The van der Waals surface area contributed by atoms with Crippen LogP contribution in [0.1, 0.15) is 109 Å². The van der Waals surface area contributed by atoms with Crippen molar-refractivity contribution in [1.82, 2.24) is 25.2 Å². The molecule has 2 saturated heterocycles. The number of rotatable bonds is 7. The molecule has 52 heavy (non-hydrogen) atoms. The van der Waals surface area contributed by atoms with Crippen molar-refractivity contribution in [3.63, 3.8) is 0 Å². The minimum atomic E-state index is -3.93. The number of carbonyl (C=O) groups is 5. The molecule has 1 aliphatic carbocycles. The van der Waals surface area contributed by atoms with Crippen LogP contribution in [0.4, 0.5) is 9.59 Å². The van der Waals surface area contributed by atoms with Crippen LogP contribution < -0.4 is 15.4 Å². The number of carbonyl (C=O) groups excluding carboxylic acids is 5. The SMILES string of the molecule is CCCCS(=O)(=O)NC(=O)[C@@]12C[C@H]1CCCCCCCC(NC(=O)OC(C)(C)C)C(=O)N1C[C@H](OC(=O)N3CCc4ccccc4C3)C[C@H]1C(=O)N2. The third-order valence-electron chi connectivity index (χ3n) is 10.4. The summed E-state index contributed by atoms with van der Waals surface area (Å²) in [5.74, 6) is -2.44. The van der Waals surface area contributed by atoms with Gasteiger partial charge in [-0.15, -0.1) is 0 Å². The lowest BCUT2D eigenvalue weighted by Gasteiger charge is -2.30. The van der Waals surface area contributed by atoms with Crippen LogP contribution in [-0.2, 0) is 46.8 Å². The van der Waals surface area contributed by atoms with E-state index in [1.54, 1.807) is 25.7 Å². The van der Waals surface area contributed by atoms with Crippen molar-refractivity contribution in [1.29, 1.82) is 0 Å². The van der Waals surface area contributed by atoms with Gasteiger partial charge in [0.15, 0.2) is 0 Å². The van der Waals surface area contributed by atoms with E-state index in [1.165, 1.54) is 10.5 Å². The van der Waals surface area contributed by atoms with Gasteiger partial charge in [0.2, 0.25) is 21.8 Å². The Balaban J connectivity index is 1.39. The van der Waals surface area contributed by atoms with Crippen LogP contribution in [0.2, 0.25) is 0 Å². The van der Waals surface area contributed by atoms with Gasteiger partial charge in [0.25, 0.3) is 5.91 Å². The lowest BCUT2D eigenvalue weighted by atomic mass is 10.0. The topological polar surface area (TPSA) is 181 Å². The summed E-state index contributed by atoms with van der Waals surface area (Å²) < 4.78 is 39.2. The van der Waals surface area contributed by atoms with Crippen LogP contribution in [0.25, 0.3) is 0 Å². The zero-order valence-electron chi connectivity index (χ0n) is 30.9. The van der Waals surface area contributed by atoms with Gasteiger partial charge in [0, 0.05) is 19.5 Å². The summed E-state index contributed by atoms with van der Waals surface area (Å²) >= 11 is 0. The van der Waals surface area contributed by atoms with Crippen molar-refractivity contribution < 1.29 is 41.9 Å². The number of hydrogen-bond donors (Lipinski definition) is 3. The van der Waals surface area contributed by atoms with E-state index >= 15 is 0 Å². The Hall–Kier alpha value is -3.88. The normalized spacial score (nSPS) is 27.1. The molecule has 5 amide bonds. The van der Waals surface area contributed by atoms with Crippen LogP contribution in [0.3, 0.4) is 0 Å². The maximum atomic E-state index is 14.3. The highest BCUT2D eigenvalue weighted by Gasteiger charge is 2.62. The fourth-order valence-electron chi connectivity index (χ4n) is 7.51. The third-order valence-corrected chi connectivity index (χ3v) is 11.7. The van der Waals surface area contributed by atoms with Crippen molar-refractivity contribution >= 4 is 39.9 Å². The van der Waals surface area contributed by atoms with E-state index in [1.807, 2.05) is 31.2 Å². The van der Waals surface area contributed by atoms with Crippen molar-refractivity contribution in [2.75, 3.05) is 18.8 Å². The monoisotopic (exact) mass is 745 g/mol. The molecule has 3 N–H and O–H groups in total. The standard InChI is InChI=1S/C37H55N5O9S/c1-5-6-20-52(48,49)40-33(45)37-22-27(37)16-10-8-7-9-11-17-29(38-34(46)51-36(2,3)4)32(44)42-24-28(21-30(42)31(43)39-37)50-35(47)41-19-18-25-14-12-13-15-26(25)23-41/h12-15,27-30H,5-11,16-24H2,1-4H3,(H,38,46)(H,39,43)(H,40,45)/t27-,28-,29?,30+,37-/m1/s1. The van der Waals surface area contributed by atoms with E-state index in [0.29, 0.717) is 51.6 Å². The fraction of sp³-hybridized carbons (Fsp3) is 0.703. The Labute approximate surface area is 307 Å². The molecule has 0 radical (unpaired) electrons. The number of ether oxygens (including phenoxy) is 2. The van der Waals surface area contributed by atoms with Crippen LogP contribution in [0, 0.1) is 5.92 Å². The predicted octanol–water partition coefficient (Wildman–Crippen LogP) is 3.91. The van der Waals surface area contributed by atoms with Crippen LogP contribution in [0.5, 0.6) is 0 Å². The molecule has 4 aliphatic rings. The zero-order chi connectivity index (χ0) is 37.7. The first-order valence-corrected chi connectivity index (χ1v) is 20.5. The molecule has 288 valence electrons. The first-order chi connectivity index (χ1) is 24.6. The van der Waals surface area contributed by atoms with Gasteiger partial charge in [0.1, 0.15) is 29.3 Å². The minimum absolute atomic E-state index is 0.0376. The van der Waals surface area contributed by atoms with Crippen LogP contribution in [-0.4, -0.2) is 96.3 Å². The molecular weight excluding hydrogens is 690 g/mol. The number of amides is 5. The van der Waals surface area contributed by atoms with Gasteiger partial charge in [0.05, 0.1) is 12.3 Å². The Kier molecular flexibility index (Phi) is 12.4. The van der Waals surface area contributed by atoms with Crippen molar-refractivity contribution in [2.45, 2.75) is 141 Å². The Morgan fingerprint density at radius 3 is 2.42 bits per heavy atom. The minimum Gasteiger partial charge on any atom is -0.444 e. The molecule has 3 heterocycles. The molecule has 0 spiro atoms. The Morgan fingerprint density at radius 2 is 1.71 bits per heavy atom. The first-order valence-electron chi connectivity index (χ1n) is 18.8. The molecule has 3 aliphatic heterocycles. The van der Waals surface area contributed by atoms with Gasteiger partial charge in [-0.1, -0.05) is 69.7 Å². The Morgan fingerprint density at radius 1 is 1.02 bits per heavy atom. The average molecular weight is 746 g/mol. The largest absolute Gasteiger partial charge is 0.444 e. The van der Waals surface area contributed by atoms with E-state index in [-0.39, 0.29) is 31.1 Å². The van der Waals surface area contributed by atoms with Gasteiger partial charge in [-0.3, -0.25) is 19.1 Å². The summed E-state index contributed by atoms with van der Waals surface area (Å²) in [5.41, 5.74) is -0.0693. The maximum Gasteiger partial charge on any atom is 0.410 e. The highest BCUT2D eigenvalue weighted by atomic mass is 32.2. The van der Waals surface area contributed by atoms with E-state index in [2.05, 4.69) is 15.4 Å². The second-order valence-corrected chi connectivity index (χ2v) is 17.5. The van der Waals surface area contributed by atoms with Crippen LogP contribution in [0.15, 0.2) is 24.3 Å². The number of fused-ring (bicyclic) bond motifs is 3. The lowest BCUT2D eigenvalue weighted by Crippen LogP contribution is -2.58. The molecule has 0 aromatic heterocycles. The van der Waals surface area contributed by atoms with Crippen LogP contribution >= 0.6 is 0 Å². The summed E-state index contributed by atoms with van der Waals surface area (Å²) in [7, 11) is -3.93. The molecule has 3 fully saturated rings. The van der Waals surface area contributed by atoms with E-state index in [0.717, 1.165) is 31.2 Å². The molecule has 1 unspecified atom stereocenters. The third kappa shape index (κ3) is 9.95. The number of alkyl carbamates (subject to hydrolysis) is 1. The molecular formula is C37H55N5O9S. The summed E-state index contributed by atoms with van der Waals surface area (Å²) in [6.45, 7) is 7.74. The first kappa shape index (κ1) is 39.3. The number of sulfonamides is 1. The van der Waals surface area contributed by atoms with Gasteiger partial charge in [-0.05, 0) is 69.9 Å². The quantitative estimate of drug-likeness (QED) is 0.373. The smallest absolute Gasteiger partial charge is 0.410 e. The zero-order valence-corrected chi connectivity index (χ0v) is 31.7. The van der Waals surface area contributed by atoms with Gasteiger partial charge >= 0.3 is 12.2 Å².